The largest absolute Gasteiger partial charge is 0.497 e. The van der Waals surface area contributed by atoms with Gasteiger partial charge in [0, 0.05) is 25.2 Å². The number of rotatable bonds is 2. The summed E-state index contributed by atoms with van der Waals surface area (Å²) in [4.78, 5) is 28.5. The Morgan fingerprint density at radius 2 is 1.86 bits per heavy atom. The van der Waals surface area contributed by atoms with Crippen LogP contribution < -0.4 is 9.64 Å². The molecule has 112 valence electrons. The molecular formula is C16H20N2O3. The fourth-order valence-electron chi connectivity index (χ4n) is 3.15. The maximum atomic E-state index is 12.8. The van der Waals surface area contributed by atoms with Crippen LogP contribution in [0.4, 0.5) is 5.69 Å². The minimum Gasteiger partial charge on any atom is -0.497 e. The van der Waals surface area contributed by atoms with Crippen molar-refractivity contribution in [2.45, 2.75) is 31.7 Å². The number of hydrogen-bond donors (Lipinski definition) is 0. The highest BCUT2D eigenvalue weighted by molar-refractivity contribution is 6.01. The number of amides is 2. The van der Waals surface area contributed by atoms with Crippen LogP contribution in [-0.2, 0) is 9.59 Å². The lowest BCUT2D eigenvalue weighted by Crippen LogP contribution is -2.49. The predicted molar refractivity (Wildman–Crippen MR) is 79.3 cm³/mol. The monoisotopic (exact) mass is 288 g/mol. The molecule has 0 N–H and O–H groups in total. The van der Waals surface area contributed by atoms with Gasteiger partial charge in [0.15, 0.2) is 0 Å². The van der Waals surface area contributed by atoms with Gasteiger partial charge >= 0.3 is 0 Å². The molecule has 1 atom stereocenters. The third-order valence-corrected chi connectivity index (χ3v) is 4.31. The molecule has 0 radical (unpaired) electrons. The maximum Gasteiger partial charge on any atom is 0.249 e. The van der Waals surface area contributed by atoms with Crippen molar-refractivity contribution in [3.8, 4) is 5.75 Å². The van der Waals surface area contributed by atoms with Crippen LogP contribution in [0.2, 0.25) is 0 Å². The van der Waals surface area contributed by atoms with Crippen molar-refractivity contribution in [2.24, 2.45) is 0 Å². The molecule has 1 unspecified atom stereocenters. The zero-order valence-electron chi connectivity index (χ0n) is 12.2. The molecule has 0 saturated carbocycles. The van der Waals surface area contributed by atoms with E-state index in [4.69, 9.17) is 4.74 Å². The number of carbonyl (C=O) groups is 2. The first kappa shape index (κ1) is 13.9. The Morgan fingerprint density at radius 1 is 1.10 bits per heavy atom. The van der Waals surface area contributed by atoms with Crippen molar-refractivity contribution < 1.29 is 14.3 Å². The molecule has 2 amide bonds. The van der Waals surface area contributed by atoms with Gasteiger partial charge in [0.2, 0.25) is 11.8 Å². The zero-order chi connectivity index (χ0) is 14.8. The van der Waals surface area contributed by atoms with E-state index in [1.54, 1.807) is 16.9 Å². The standard InChI is InChI=1S/C16H20N2O3/c1-21-13-7-5-12(6-8-13)17-11-9-15(19)18-10-3-2-4-14(18)16(17)20/h5-8,14H,2-4,9-11H2,1H3. The van der Waals surface area contributed by atoms with E-state index in [1.807, 2.05) is 24.3 Å². The summed E-state index contributed by atoms with van der Waals surface area (Å²) in [5.41, 5.74) is 0.834. The fraction of sp³-hybridized carbons (Fsp3) is 0.500. The SMILES string of the molecule is COc1ccc(N2CCC(=O)N3CCCCC3C2=O)cc1. The Labute approximate surface area is 124 Å². The Morgan fingerprint density at radius 3 is 2.57 bits per heavy atom. The predicted octanol–water partition coefficient (Wildman–Crippen LogP) is 1.81. The van der Waals surface area contributed by atoms with E-state index >= 15 is 0 Å². The van der Waals surface area contributed by atoms with Gasteiger partial charge in [-0.3, -0.25) is 9.59 Å². The number of methoxy groups -OCH3 is 1. The second-order valence-electron chi connectivity index (χ2n) is 5.54. The van der Waals surface area contributed by atoms with Gasteiger partial charge in [-0.15, -0.1) is 0 Å². The number of nitrogens with zero attached hydrogens (tertiary/aromatic N) is 2. The third kappa shape index (κ3) is 2.60. The molecule has 1 aromatic rings. The Kier molecular flexibility index (Phi) is 3.82. The van der Waals surface area contributed by atoms with Crippen LogP contribution in [0.3, 0.4) is 0 Å². The van der Waals surface area contributed by atoms with Gasteiger partial charge in [-0.05, 0) is 43.5 Å². The lowest BCUT2D eigenvalue weighted by Gasteiger charge is -2.34. The van der Waals surface area contributed by atoms with Crippen molar-refractivity contribution in [3.05, 3.63) is 24.3 Å². The number of fused-ring (bicyclic) bond motifs is 1. The van der Waals surface area contributed by atoms with Gasteiger partial charge in [0.05, 0.1) is 7.11 Å². The highest BCUT2D eigenvalue weighted by Gasteiger charge is 2.38. The quantitative estimate of drug-likeness (QED) is 0.834. The van der Waals surface area contributed by atoms with Crippen LogP contribution in [0.1, 0.15) is 25.7 Å². The van der Waals surface area contributed by atoms with Crippen LogP contribution in [-0.4, -0.2) is 43.0 Å². The minimum atomic E-state index is -0.282. The molecule has 5 nitrogen and oxygen atoms in total. The van der Waals surface area contributed by atoms with Gasteiger partial charge in [-0.25, -0.2) is 0 Å². The molecule has 3 rings (SSSR count). The Bertz CT molecular complexity index is 541. The van der Waals surface area contributed by atoms with E-state index in [1.165, 1.54) is 0 Å². The molecule has 2 saturated heterocycles. The van der Waals surface area contributed by atoms with Crippen molar-refractivity contribution >= 4 is 17.5 Å². The molecule has 0 aromatic heterocycles. The van der Waals surface area contributed by atoms with Gasteiger partial charge in [-0.2, -0.15) is 0 Å². The number of anilines is 1. The van der Waals surface area contributed by atoms with Crippen LogP contribution in [0.15, 0.2) is 24.3 Å². The number of carbonyl (C=O) groups excluding carboxylic acids is 2. The van der Waals surface area contributed by atoms with Gasteiger partial charge < -0.3 is 14.5 Å². The summed E-state index contributed by atoms with van der Waals surface area (Å²) >= 11 is 0. The number of piperidine rings is 1. The van der Waals surface area contributed by atoms with E-state index in [0.717, 1.165) is 30.7 Å². The van der Waals surface area contributed by atoms with Crippen molar-refractivity contribution in [3.63, 3.8) is 0 Å². The normalized spacial score (nSPS) is 22.8. The van der Waals surface area contributed by atoms with E-state index in [9.17, 15) is 9.59 Å². The molecule has 21 heavy (non-hydrogen) atoms. The molecule has 0 aliphatic carbocycles. The summed E-state index contributed by atoms with van der Waals surface area (Å²) in [5, 5.41) is 0. The third-order valence-electron chi connectivity index (χ3n) is 4.31. The lowest BCUT2D eigenvalue weighted by molar-refractivity contribution is -0.138. The van der Waals surface area contributed by atoms with Gasteiger partial charge in [0.25, 0.3) is 0 Å². The van der Waals surface area contributed by atoms with Crippen molar-refractivity contribution in [2.75, 3.05) is 25.1 Å². The molecule has 2 aliphatic heterocycles. The molecule has 0 bridgehead atoms. The van der Waals surface area contributed by atoms with Crippen LogP contribution >= 0.6 is 0 Å². The van der Waals surface area contributed by atoms with E-state index < -0.39 is 0 Å². The molecule has 1 aromatic carbocycles. The first-order chi connectivity index (χ1) is 10.2. The van der Waals surface area contributed by atoms with Crippen LogP contribution in [0, 0.1) is 0 Å². The fourth-order valence-corrected chi connectivity index (χ4v) is 3.15. The second-order valence-corrected chi connectivity index (χ2v) is 5.54. The van der Waals surface area contributed by atoms with Gasteiger partial charge in [0.1, 0.15) is 11.8 Å². The molecular weight excluding hydrogens is 268 g/mol. The van der Waals surface area contributed by atoms with Crippen LogP contribution in [0.5, 0.6) is 5.75 Å². The maximum absolute atomic E-state index is 12.8. The van der Waals surface area contributed by atoms with Crippen molar-refractivity contribution in [1.29, 1.82) is 0 Å². The molecule has 0 spiro atoms. The average Bonchev–Trinajstić information content (AvgIpc) is 2.66. The van der Waals surface area contributed by atoms with Crippen LogP contribution in [0.25, 0.3) is 0 Å². The smallest absolute Gasteiger partial charge is 0.249 e. The molecule has 5 heteroatoms. The lowest BCUT2D eigenvalue weighted by atomic mass is 10.0. The molecule has 2 aliphatic rings. The van der Waals surface area contributed by atoms with Crippen molar-refractivity contribution in [1.82, 2.24) is 4.90 Å². The topological polar surface area (TPSA) is 49.9 Å². The zero-order valence-corrected chi connectivity index (χ0v) is 12.2. The summed E-state index contributed by atoms with van der Waals surface area (Å²) in [6.45, 7) is 1.17. The average molecular weight is 288 g/mol. The number of hydrogen-bond acceptors (Lipinski definition) is 3. The summed E-state index contributed by atoms with van der Waals surface area (Å²) in [7, 11) is 1.62. The second kappa shape index (κ2) is 5.76. The minimum absolute atomic E-state index is 0.0470. The van der Waals surface area contributed by atoms with E-state index in [0.29, 0.717) is 19.5 Å². The summed E-state index contributed by atoms with van der Waals surface area (Å²) < 4.78 is 5.15. The summed E-state index contributed by atoms with van der Waals surface area (Å²) in [6.07, 6.45) is 3.18. The molecule has 2 heterocycles. The summed E-state index contributed by atoms with van der Waals surface area (Å²) in [5.74, 6) is 0.908. The van der Waals surface area contributed by atoms with E-state index in [2.05, 4.69) is 0 Å². The number of ether oxygens (including phenoxy) is 1. The molecule has 2 fully saturated rings. The van der Waals surface area contributed by atoms with Gasteiger partial charge in [-0.1, -0.05) is 0 Å². The Hall–Kier alpha value is -2.04. The highest BCUT2D eigenvalue weighted by atomic mass is 16.5. The highest BCUT2D eigenvalue weighted by Crippen LogP contribution is 2.27. The first-order valence-electron chi connectivity index (χ1n) is 7.45. The number of benzene rings is 1. The summed E-state index contributed by atoms with van der Waals surface area (Å²) in [6, 6.07) is 7.15. The first-order valence-corrected chi connectivity index (χ1v) is 7.45. The Balaban J connectivity index is 1.87. The van der Waals surface area contributed by atoms with E-state index in [-0.39, 0.29) is 17.9 Å².